The van der Waals surface area contributed by atoms with Gasteiger partial charge in [-0.05, 0) is 29.6 Å². The largest absolute Gasteiger partial charge is 0.468 e. The van der Waals surface area contributed by atoms with E-state index in [2.05, 4.69) is 20.7 Å². The standard InChI is InChI=1S/C13H12BrNO4S2/c1-19-12(16)9-15(11-5-2-4-10(14)8-11)21(17,18)13-6-3-7-20-13/h2-8H,9H2,1H3. The highest BCUT2D eigenvalue weighted by Crippen LogP contribution is 2.28. The minimum Gasteiger partial charge on any atom is -0.468 e. The molecular formula is C13H12BrNO4S2. The molecular weight excluding hydrogens is 378 g/mol. The molecule has 0 saturated carbocycles. The summed E-state index contributed by atoms with van der Waals surface area (Å²) in [6.45, 7) is -0.382. The van der Waals surface area contributed by atoms with Crippen LogP contribution >= 0.6 is 27.3 Å². The fourth-order valence-corrected chi connectivity index (χ4v) is 4.54. The van der Waals surface area contributed by atoms with Crippen LogP contribution in [0.4, 0.5) is 5.69 Å². The minimum atomic E-state index is -3.80. The average Bonchev–Trinajstić information content (AvgIpc) is 2.99. The lowest BCUT2D eigenvalue weighted by atomic mass is 10.3. The van der Waals surface area contributed by atoms with Crippen molar-refractivity contribution in [3.05, 3.63) is 46.3 Å². The lowest BCUT2D eigenvalue weighted by Crippen LogP contribution is -2.35. The van der Waals surface area contributed by atoms with Gasteiger partial charge in [0.15, 0.2) is 0 Å². The average molecular weight is 390 g/mol. The summed E-state index contributed by atoms with van der Waals surface area (Å²) in [7, 11) is -2.58. The lowest BCUT2D eigenvalue weighted by Gasteiger charge is -2.22. The van der Waals surface area contributed by atoms with Gasteiger partial charge in [-0.3, -0.25) is 9.10 Å². The molecule has 1 aromatic carbocycles. The van der Waals surface area contributed by atoms with Crippen LogP contribution in [0.15, 0.2) is 50.5 Å². The van der Waals surface area contributed by atoms with Crippen LogP contribution in [0.1, 0.15) is 0 Å². The molecule has 8 heteroatoms. The van der Waals surface area contributed by atoms with E-state index in [1.807, 2.05) is 0 Å². The van der Waals surface area contributed by atoms with Crippen molar-refractivity contribution in [2.75, 3.05) is 18.0 Å². The van der Waals surface area contributed by atoms with Gasteiger partial charge < -0.3 is 4.74 Å². The van der Waals surface area contributed by atoms with Gasteiger partial charge in [-0.25, -0.2) is 8.42 Å². The van der Waals surface area contributed by atoms with Crippen LogP contribution in [0.25, 0.3) is 0 Å². The fraction of sp³-hybridized carbons (Fsp3) is 0.154. The molecule has 5 nitrogen and oxygen atoms in total. The first-order valence-corrected chi connectivity index (χ1v) is 8.95. The molecule has 0 radical (unpaired) electrons. The van der Waals surface area contributed by atoms with Gasteiger partial charge in [0.2, 0.25) is 0 Å². The maximum atomic E-state index is 12.7. The summed E-state index contributed by atoms with van der Waals surface area (Å²) in [4.78, 5) is 11.6. The number of hydrogen-bond acceptors (Lipinski definition) is 5. The number of methoxy groups -OCH3 is 1. The van der Waals surface area contributed by atoms with E-state index in [1.165, 1.54) is 13.2 Å². The third-order valence-corrected chi connectivity index (χ3v) is 6.28. The number of anilines is 1. The summed E-state index contributed by atoms with van der Waals surface area (Å²) in [6, 6.07) is 9.88. The monoisotopic (exact) mass is 389 g/mol. The van der Waals surface area contributed by atoms with Gasteiger partial charge >= 0.3 is 5.97 Å². The first kappa shape index (κ1) is 16.0. The van der Waals surface area contributed by atoms with Crippen LogP contribution < -0.4 is 4.31 Å². The van der Waals surface area contributed by atoms with Crippen molar-refractivity contribution in [1.29, 1.82) is 0 Å². The predicted octanol–water partition coefficient (Wildman–Crippen LogP) is 2.88. The molecule has 0 spiro atoms. The Balaban J connectivity index is 2.49. The number of esters is 1. The van der Waals surface area contributed by atoms with E-state index in [1.54, 1.807) is 35.7 Å². The minimum absolute atomic E-state index is 0.173. The zero-order valence-electron chi connectivity index (χ0n) is 11.0. The molecule has 0 saturated heterocycles. The molecule has 0 N–H and O–H groups in total. The van der Waals surface area contributed by atoms with Crippen molar-refractivity contribution < 1.29 is 17.9 Å². The molecule has 0 unspecified atom stereocenters. The van der Waals surface area contributed by atoms with Crippen LogP contribution in [0.2, 0.25) is 0 Å². The summed E-state index contributed by atoms with van der Waals surface area (Å²) in [5.74, 6) is -0.630. The summed E-state index contributed by atoms with van der Waals surface area (Å²) in [5, 5.41) is 1.67. The quantitative estimate of drug-likeness (QED) is 0.737. The Morgan fingerprint density at radius 1 is 1.33 bits per heavy atom. The van der Waals surface area contributed by atoms with Crippen LogP contribution in [-0.2, 0) is 19.6 Å². The van der Waals surface area contributed by atoms with E-state index >= 15 is 0 Å². The second-order valence-corrected chi connectivity index (χ2v) is 7.95. The van der Waals surface area contributed by atoms with Crippen molar-refractivity contribution in [3.63, 3.8) is 0 Å². The van der Waals surface area contributed by atoms with Crippen LogP contribution in [0.5, 0.6) is 0 Å². The molecule has 0 amide bonds. The Kier molecular flexibility index (Phi) is 5.02. The Labute approximate surface area is 135 Å². The Bertz CT molecular complexity index is 728. The number of nitrogens with zero attached hydrogens (tertiary/aromatic N) is 1. The number of hydrogen-bond donors (Lipinski definition) is 0. The van der Waals surface area contributed by atoms with E-state index in [0.717, 1.165) is 20.1 Å². The maximum Gasteiger partial charge on any atom is 0.326 e. The van der Waals surface area contributed by atoms with Gasteiger partial charge in [-0.2, -0.15) is 0 Å². The summed E-state index contributed by atoms with van der Waals surface area (Å²) >= 11 is 4.39. The summed E-state index contributed by atoms with van der Waals surface area (Å²) in [5.41, 5.74) is 0.392. The van der Waals surface area contributed by atoms with Crippen molar-refractivity contribution in [2.24, 2.45) is 0 Å². The van der Waals surface area contributed by atoms with Crippen LogP contribution in [0.3, 0.4) is 0 Å². The number of thiophene rings is 1. The van der Waals surface area contributed by atoms with Crippen molar-refractivity contribution in [3.8, 4) is 0 Å². The van der Waals surface area contributed by atoms with Gasteiger partial charge in [-0.15, -0.1) is 11.3 Å². The van der Waals surface area contributed by atoms with Gasteiger partial charge in [0.25, 0.3) is 10.0 Å². The number of ether oxygens (including phenoxy) is 1. The zero-order valence-corrected chi connectivity index (χ0v) is 14.2. The predicted molar refractivity (Wildman–Crippen MR) is 85.0 cm³/mol. The number of benzene rings is 1. The fourth-order valence-electron chi connectivity index (χ4n) is 1.65. The lowest BCUT2D eigenvalue weighted by molar-refractivity contribution is -0.138. The smallest absolute Gasteiger partial charge is 0.326 e. The van der Waals surface area contributed by atoms with Crippen molar-refractivity contribution in [1.82, 2.24) is 0 Å². The molecule has 2 rings (SSSR count). The SMILES string of the molecule is COC(=O)CN(c1cccc(Br)c1)S(=O)(=O)c1cccs1. The molecule has 1 heterocycles. The third kappa shape index (κ3) is 3.63. The number of halogens is 1. The van der Waals surface area contributed by atoms with Crippen molar-refractivity contribution in [2.45, 2.75) is 4.21 Å². The first-order chi connectivity index (χ1) is 9.95. The molecule has 21 heavy (non-hydrogen) atoms. The van der Waals surface area contributed by atoms with E-state index in [0.29, 0.717) is 5.69 Å². The Morgan fingerprint density at radius 2 is 2.10 bits per heavy atom. The molecule has 2 aromatic rings. The molecule has 0 fully saturated rings. The second-order valence-electron chi connectivity index (χ2n) is 4.00. The third-order valence-electron chi connectivity index (χ3n) is 2.64. The van der Waals surface area contributed by atoms with E-state index in [9.17, 15) is 13.2 Å². The first-order valence-electron chi connectivity index (χ1n) is 5.84. The highest BCUT2D eigenvalue weighted by Gasteiger charge is 2.28. The van der Waals surface area contributed by atoms with Gasteiger partial charge in [0.1, 0.15) is 10.8 Å². The molecule has 0 atom stereocenters. The number of carbonyl (C=O) groups excluding carboxylic acids is 1. The number of rotatable bonds is 5. The van der Waals surface area contributed by atoms with Crippen molar-refractivity contribution >= 4 is 48.9 Å². The second kappa shape index (κ2) is 6.59. The van der Waals surface area contributed by atoms with E-state index in [-0.39, 0.29) is 10.8 Å². The van der Waals surface area contributed by atoms with E-state index < -0.39 is 16.0 Å². The molecule has 112 valence electrons. The molecule has 0 aliphatic carbocycles. The van der Waals surface area contributed by atoms with Gasteiger partial charge in [0, 0.05) is 4.47 Å². The van der Waals surface area contributed by atoms with Crippen LogP contribution in [-0.4, -0.2) is 28.0 Å². The van der Waals surface area contributed by atoms with Gasteiger partial charge in [0.05, 0.1) is 12.8 Å². The summed E-state index contributed by atoms with van der Waals surface area (Å²) in [6.07, 6.45) is 0. The van der Waals surface area contributed by atoms with E-state index in [4.69, 9.17) is 0 Å². The molecule has 0 aliphatic rings. The highest BCUT2D eigenvalue weighted by atomic mass is 79.9. The Hall–Kier alpha value is -1.38. The number of sulfonamides is 1. The summed E-state index contributed by atoms with van der Waals surface area (Å²) < 4.78 is 31.9. The molecule has 0 bridgehead atoms. The Morgan fingerprint density at radius 3 is 2.67 bits per heavy atom. The molecule has 1 aromatic heterocycles. The van der Waals surface area contributed by atoms with Gasteiger partial charge in [-0.1, -0.05) is 28.1 Å². The highest BCUT2D eigenvalue weighted by molar-refractivity contribution is 9.10. The topological polar surface area (TPSA) is 63.7 Å². The molecule has 0 aliphatic heterocycles. The van der Waals surface area contributed by atoms with Crippen LogP contribution in [0, 0.1) is 0 Å². The zero-order chi connectivity index (χ0) is 15.5. The number of carbonyl (C=O) groups is 1. The normalized spacial score (nSPS) is 11.1. The maximum absolute atomic E-state index is 12.7.